The second kappa shape index (κ2) is 6.54. The summed E-state index contributed by atoms with van der Waals surface area (Å²) in [5.74, 6) is -2.89. The highest BCUT2D eigenvalue weighted by molar-refractivity contribution is 6.06. The monoisotopic (exact) mass is 328 g/mol. The first-order valence-electron chi connectivity index (χ1n) is 7.02. The zero-order chi connectivity index (χ0) is 17.1. The van der Waals surface area contributed by atoms with Gasteiger partial charge in [-0.05, 0) is 60.7 Å². The summed E-state index contributed by atoms with van der Waals surface area (Å²) in [6, 6.07) is 10.5. The molecule has 1 aromatic heterocycles. The first-order chi connectivity index (χ1) is 11.5. The fourth-order valence-corrected chi connectivity index (χ4v) is 2.10. The molecule has 0 saturated carbocycles. The van der Waals surface area contributed by atoms with Gasteiger partial charge in [-0.2, -0.15) is 5.10 Å². The van der Waals surface area contributed by atoms with E-state index in [9.17, 15) is 18.0 Å². The number of rotatable bonds is 4. The molecule has 0 aliphatic heterocycles. The normalized spacial score (nSPS) is 11.1. The minimum atomic E-state index is -1.07. The Labute approximate surface area is 135 Å². The van der Waals surface area contributed by atoms with E-state index in [0.29, 0.717) is 11.4 Å². The summed E-state index contributed by atoms with van der Waals surface area (Å²) in [7, 11) is 0. The zero-order valence-electron chi connectivity index (χ0n) is 12.3. The maximum atomic E-state index is 13.1. The molecule has 0 unspecified atom stereocenters. The van der Waals surface area contributed by atoms with E-state index in [0.717, 1.165) is 17.7 Å². The van der Waals surface area contributed by atoms with Gasteiger partial charge in [0.05, 0.1) is 11.4 Å². The van der Waals surface area contributed by atoms with Crippen molar-refractivity contribution in [2.45, 2.75) is 0 Å². The number of ketones is 1. The van der Waals surface area contributed by atoms with E-state index >= 15 is 0 Å². The van der Waals surface area contributed by atoms with Crippen LogP contribution in [0.4, 0.5) is 13.2 Å². The first-order valence-corrected chi connectivity index (χ1v) is 7.02. The minimum Gasteiger partial charge on any atom is -0.289 e. The Morgan fingerprint density at radius 1 is 0.958 bits per heavy atom. The molecule has 0 aliphatic rings. The highest BCUT2D eigenvalue weighted by Crippen LogP contribution is 2.18. The van der Waals surface area contributed by atoms with Gasteiger partial charge in [0.2, 0.25) is 0 Å². The molecule has 1 heterocycles. The lowest BCUT2D eigenvalue weighted by molar-refractivity contribution is 0.104. The van der Waals surface area contributed by atoms with Crippen LogP contribution < -0.4 is 0 Å². The van der Waals surface area contributed by atoms with E-state index in [2.05, 4.69) is 10.2 Å². The minimum absolute atomic E-state index is 0.0448. The average Bonchev–Trinajstić information content (AvgIpc) is 3.05. The Morgan fingerprint density at radius 2 is 1.71 bits per heavy atom. The molecule has 3 aromatic rings. The molecule has 2 aromatic carbocycles. The molecule has 3 nitrogen and oxygen atoms in total. The van der Waals surface area contributed by atoms with E-state index < -0.39 is 17.4 Å². The molecule has 0 radical (unpaired) electrons. The van der Waals surface area contributed by atoms with Gasteiger partial charge in [0.15, 0.2) is 17.4 Å². The van der Waals surface area contributed by atoms with Crippen molar-refractivity contribution in [1.82, 2.24) is 10.2 Å². The van der Waals surface area contributed by atoms with Crippen molar-refractivity contribution in [3.05, 3.63) is 83.3 Å². The van der Waals surface area contributed by atoms with Crippen molar-refractivity contribution in [2.24, 2.45) is 0 Å². The molecule has 120 valence electrons. The Kier molecular flexibility index (Phi) is 4.29. The molecular formula is C18H11F3N2O. The third-order valence-corrected chi connectivity index (χ3v) is 3.36. The average molecular weight is 328 g/mol. The summed E-state index contributed by atoms with van der Waals surface area (Å²) in [5.41, 5.74) is 1.91. The predicted octanol–water partition coefficient (Wildman–Crippen LogP) is 4.39. The van der Waals surface area contributed by atoms with Crippen LogP contribution in [0.25, 0.3) is 17.3 Å². The fraction of sp³-hybridized carbons (Fsp3) is 0. The van der Waals surface area contributed by atoms with Gasteiger partial charge in [0.25, 0.3) is 0 Å². The van der Waals surface area contributed by atoms with Crippen LogP contribution in [0, 0.1) is 17.5 Å². The smallest absolute Gasteiger partial charge is 0.186 e. The summed E-state index contributed by atoms with van der Waals surface area (Å²) in [6.45, 7) is 0. The fourth-order valence-electron chi connectivity index (χ4n) is 2.10. The third kappa shape index (κ3) is 3.43. The summed E-state index contributed by atoms with van der Waals surface area (Å²) in [5, 5.41) is 6.80. The SMILES string of the molecule is O=C(/C=C/c1cc(-c2ccc(F)cc2)n[nH]1)c1ccc(F)c(F)c1. The summed E-state index contributed by atoms with van der Waals surface area (Å²) in [4.78, 5) is 11.9. The topological polar surface area (TPSA) is 45.8 Å². The lowest BCUT2D eigenvalue weighted by atomic mass is 10.1. The van der Waals surface area contributed by atoms with Crippen LogP contribution in [0.15, 0.2) is 54.6 Å². The second-order valence-electron chi connectivity index (χ2n) is 5.04. The van der Waals surface area contributed by atoms with Crippen molar-refractivity contribution < 1.29 is 18.0 Å². The van der Waals surface area contributed by atoms with E-state index in [-0.39, 0.29) is 11.4 Å². The highest BCUT2D eigenvalue weighted by Gasteiger charge is 2.08. The molecule has 0 atom stereocenters. The highest BCUT2D eigenvalue weighted by atomic mass is 19.2. The number of halogens is 3. The number of aromatic nitrogens is 2. The van der Waals surface area contributed by atoms with Crippen molar-refractivity contribution >= 4 is 11.9 Å². The van der Waals surface area contributed by atoms with Crippen molar-refractivity contribution in [1.29, 1.82) is 0 Å². The number of carbonyl (C=O) groups is 1. The van der Waals surface area contributed by atoms with Crippen molar-refractivity contribution in [3.63, 3.8) is 0 Å². The van der Waals surface area contributed by atoms with Crippen LogP contribution in [0.2, 0.25) is 0 Å². The largest absolute Gasteiger partial charge is 0.289 e. The standard InChI is InChI=1S/C18H11F3N2O/c19-13-4-1-11(2-5-13)17-10-14(22-23-17)6-8-18(24)12-3-7-15(20)16(21)9-12/h1-10H,(H,22,23)/b8-6+. The molecule has 0 bridgehead atoms. The van der Waals surface area contributed by atoms with Gasteiger partial charge < -0.3 is 0 Å². The predicted molar refractivity (Wildman–Crippen MR) is 83.7 cm³/mol. The molecule has 0 fully saturated rings. The second-order valence-corrected chi connectivity index (χ2v) is 5.04. The molecule has 24 heavy (non-hydrogen) atoms. The quantitative estimate of drug-likeness (QED) is 0.570. The van der Waals surface area contributed by atoms with Gasteiger partial charge in [-0.25, -0.2) is 13.2 Å². The van der Waals surface area contributed by atoms with Gasteiger partial charge in [0, 0.05) is 11.1 Å². The third-order valence-electron chi connectivity index (χ3n) is 3.36. The summed E-state index contributed by atoms with van der Waals surface area (Å²) >= 11 is 0. The molecule has 6 heteroatoms. The van der Waals surface area contributed by atoms with Gasteiger partial charge in [0.1, 0.15) is 5.82 Å². The van der Waals surface area contributed by atoms with E-state index in [1.807, 2.05) is 0 Å². The van der Waals surface area contributed by atoms with Crippen LogP contribution >= 0.6 is 0 Å². The summed E-state index contributed by atoms with van der Waals surface area (Å²) < 4.78 is 38.9. The molecule has 0 saturated heterocycles. The molecular weight excluding hydrogens is 317 g/mol. The first kappa shape index (κ1) is 15.7. The number of hydrogen-bond donors (Lipinski definition) is 1. The number of H-pyrrole nitrogens is 1. The Bertz CT molecular complexity index is 914. The number of benzene rings is 2. The summed E-state index contributed by atoms with van der Waals surface area (Å²) in [6.07, 6.45) is 2.71. The molecule has 3 rings (SSSR count). The van der Waals surface area contributed by atoms with Crippen LogP contribution in [-0.4, -0.2) is 16.0 Å². The van der Waals surface area contributed by atoms with Crippen LogP contribution in [0.5, 0.6) is 0 Å². The van der Waals surface area contributed by atoms with Crippen LogP contribution in [-0.2, 0) is 0 Å². The van der Waals surface area contributed by atoms with E-state index in [4.69, 9.17) is 0 Å². The lowest BCUT2D eigenvalue weighted by Crippen LogP contribution is -1.96. The Balaban J connectivity index is 1.76. The number of nitrogens with one attached hydrogen (secondary N) is 1. The maximum absolute atomic E-state index is 13.1. The van der Waals surface area contributed by atoms with Crippen LogP contribution in [0.3, 0.4) is 0 Å². The maximum Gasteiger partial charge on any atom is 0.186 e. The lowest BCUT2D eigenvalue weighted by Gasteiger charge is -1.97. The van der Waals surface area contributed by atoms with E-state index in [1.165, 1.54) is 30.4 Å². The van der Waals surface area contributed by atoms with Gasteiger partial charge in [-0.1, -0.05) is 0 Å². The van der Waals surface area contributed by atoms with Crippen molar-refractivity contribution in [2.75, 3.05) is 0 Å². The van der Waals surface area contributed by atoms with Gasteiger partial charge in [-0.3, -0.25) is 9.89 Å². The molecule has 0 amide bonds. The van der Waals surface area contributed by atoms with E-state index in [1.54, 1.807) is 18.2 Å². The molecule has 0 aliphatic carbocycles. The molecule has 0 spiro atoms. The Hall–Kier alpha value is -3.15. The number of hydrogen-bond acceptors (Lipinski definition) is 2. The number of carbonyl (C=O) groups excluding carboxylic acids is 1. The Morgan fingerprint density at radius 3 is 2.42 bits per heavy atom. The zero-order valence-corrected chi connectivity index (χ0v) is 12.3. The van der Waals surface area contributed by atoms with Crippen molar-refractivity contribution in [3.8, 4) is 11.3 Å². The number of allylic oxidation sites excluding steroid dienone is 1. The van der Waals surface area contributed by atoms with Crippen LogP contribution in [0.1, 0.15) is 16.1 Å². The molecule has 1 N–H and O–H groups in total. The number of nitrogens with zero attached hydrogens (tertiary/aromatic N) is 1. The van der Waals surface area contributed by atoms with Gasteiger partial charge >= 0.3 is 0 Å². The number of aromatic amines is 1. The van der Waals surface area contributed by atoms with Gasteiger partial charge in [-0.15, -0.1) is 0 Å².